The summed E-state index contributed by atoms with van der Waals surface area (Å²) in [5.74, 6) is 0. The lowest BCUT2D eigenvalue weighted by Gasteiger charge is -2.22. The Hall–Kier alpha value is 0.01000. The largest absolute Gasteiger partial charge is 0.367 e. The summed E-state index contributed by atoms with van der Waals surface area (Å²) in [6.07, 6.45) is 3.68. The Morgan fingerprint density at radius 2 is 2.14 bits per heavy atom. The standard InChI is InChI=1S/C11H13BrOS/c12-9-5-1-2-6-10(9)14-11-7-3-4-8-13-11/h1-2,5-6,11H,3-4,7-8H2. The lowest BCUT2D eigenvalue weighted by atomic mass is 10.2. The van der Waals surface area contributed by atoms with Crippen LogP contribution in [0.1, 0.15) is 19.3 Å². The molecule has 0 radical (unpaired) electrons. The van der Waals surface area contributed by atoms with Gasteiger partial charge in [-0.2, -0.15) is 0 Å². The maximum Gasteiger partial charge on any atom is 0.107 e. The van der Waals surface area contributed by atoms with Crippen molar-refractivity contribution in [3.8, 4) is 0 Å². The van der Waals surface area contributed by atoms with Crippen LogP contribution in [0.25, 0.3) is 0 Å². The topological polar surface area (TPSA) is 9.23 Å². The van der Waals surface area contributed by atoms with Gasteiger partial charge in [0.2, 0.25) is 0 Å². The van der Waals surface area contributed by atoms with Crippen molar-refractivity contribution in [2.24, 2.45) is 0 Å². The van der Waals surface area contributed by atoms with Crippen molar-refractivity contribution in [3.63, 3.8) is 0 Å². The molecule has 14 heavy (non-hydrogen) atoms. The Kier molecular flexibility index (Phi) is 3.90. The maximum atomic E-state index is 5.68. The molecule has 1 fully saturated rings. The molecular weight excluding hydrogens is 260 g/mol. The first kappa shape index (κ1) is 10.5. The third-order valence-electron chi connectivity index (χ3n) is 2.23. The Labute approximate surface area is 97.4 Å². The molecule has 3 heteroatoms. The summed E-state index contributed by atoms with van der Waals surface area (Å²) in [5, 5.41) is 0. The quantitative estimate of drug-likeness (QED) is 0.803. The summed E-state index contributed by atoms with van der Waals surface area (Å²) < 4.78 is 6.84. The van der Waals surface area contributed by atoms with Crippen LogP contribution < -0.4 is 0 Å². The van der Waals surface area contributed by atoms with Gasteiger partial charge in [-0.3, -0.25) is 0 Å². The van der Waals surface area contributed by atoms with Gasteiger partial charge in [-0.15, -0.1) is 0 Å². The fraction of sp³-hybridized carbons (Fsp3) is 0.455. The minimum atomic E-state index is 0.349. The lowest BCUT2D eigenvalue weighted by molar-refractivity contribution is 0.0728. The molecule has 1 aliphatic heterocycles. The smallest absolute Gasteiger partial charge is 0.107 e. The highest BCUT2D eigenvalue weighted by molar-refractivity contribution is 9.10. The van der Waals surface area contributed by atoms with Gasteiger partial charge in [-0.1, -0.05) is 23.9 Å². The van der Waals surface area contributed by atoms with E-state index in [0.29, 0.717) is 5.44 Å². The third-order valence-corrected chi connectivity index (χ3v) is 4.43. The first-order valence-corrected chi connectivity index (χ1v) is 6.56. The molecule has 1 nitrogen and oxygen atoms in total. The summed E-state index contributed by atoms with van der Waals surface area (Å²) in [6.45, 7) is 0.919. The average molecular weight is 273 g/mol. The molecule has 1 atom stereocenters. The zero-order valence-corrected chi connectivity index (χ0v) is 10.3. The van der Waals surface area contributed by atoms with Crippen LogP contribution in [0.4, 0.5) is 0 Å². The first-order valence-electron chi connectivity index (χ1n) is 4.89. The van der Waals surface area contributed by atoms with E-state index in [0.717, 1.165) is 6.61 Å². The van der Waals surface area contributed by atoms with Crippen molar-refractivity contribution in [3.05, 3.63) is 28.7 Å². The molecule has 1 aliphatic rings. The second-order valence-corrected chi connectivity index (χ2v) is 5.40. The van der Waals surface area contributed by atoms with Crippen LogP contribution >= 0.6 is 27.7 Å². The fourth-order valence-electron chi connectivity index (χ4n) is 1.49. The second-order valence-electron chi connectivity index (χ2n) is 3.34. The van der Waals surface area contributed by atoms with Crippen molar-refractivity contribution in [1.82, 2.24) is 0 Å². The monoisotopic (exact) mass is 272 g/mol. The Bertz CT molecular complexity index is 297. The van der Waals surface area contributed by atoms with E-state index in [1.807, 2.05) is 17.8 Å². The number of hydrogen-bond acceptors (Lipinski definition) is 2. The molecule has 1 saturated heterocycles. The van der Waals surface area contributed by atoms with E-state index in [4.69, 9.17) is 4.74 Å². The third kappa shape index (κ3) is 2.75. The predicted octanol–water partition coefficient (Wildman–Crippen LogP) is 4.07. The summed E-state index contributed by atoms with van der Waals surface area (Å²) in [6, 6.07) is 8.31. The molecule has 0 aliphatic carbocycles. The second kappa shape index (κ2) is 5.19. The molecule has 1 aromatic rings. The highest BCUT2D eigenvalue weighted by atomic mass is 79.9. The van der Waals surface area contributed by atoms with Gasteiger partial charge in [-0.05, 0) is 47.3 Å². The Balaban J connectivity index is 1.99. The zero-order chi connectivity index (χ0) is 9.80. The molecule has 1 aromatic carbocycles. The molecule has 0 spiro atoms. The van der Waals surface area contributed by atoms with E-state index < -0.39 is 0 Å². The van der Waals surface area contributed by atoms with Gasteiger partial charge in [0.1, 0.15) is 5.44 Å². The zero-order valence-electron chi connectivity index (χ0n) is 7.91. The van der Waals surface area contributed by atoms with Crippen LogP contribution in [0.3, 0.4) is 0 Å². The maximum absolute atomic E-state index is 5.68. The van der Waals surface area contributed by atoms with Crippen molar-refractivity contribution < 1.29 is 4.74 Å². The number of benzene rings is 1. The number of ether oxygens (including phenoxy) is 1. The van der Waals surface area contributed by atoms with Gasteiger partial charge in [0, 0.05) is 16.0 Å². The van der Waals surface area contributed by atoms with Gasteiger partial charge in [0.25, 0.3) is 0 Å². The van der Waals surface area contributed by atoms with Crippen molar-refractivity contribution in [2.45, 2.75) is 29.6 Å². The number of rotatable bonds is 2. The molecule has 0 amide bonds. The molecular formula is C11H13BrOS. The molecule has 1 heterocycles. The summed E-state index contributed by atoms with van der Waals surface area (Å²) >= 11 is 5.37. The molecule has 1 unspecified atom stereocenters. The molecule has 0 saturated carbocycles. The van der Waals surface area contributed by atoms with E-state index in [9.17, 15) is 0 Å². The van der Waals surface area contributed by atoms with E-state index in [2.05, 4.69) is 34.1 Å². The first-order chi connectivity index (χ1) is 6.86. The average Bonchev–Trinajstić information content (AvgIpc) is 2.23. The minimum Gasteiger partial charge on any atom is -0.367 e. The lowest BCUT2D eigenvalue weighted by Crippen LogP contribution is -2.15. The summed E-state index contributed by atoms with van der Waals surface area (Å²) in [7, 11) is 0. The SMILES string of the molecule is Brc1ccccc1SC1CCCCO1. The van der Waals surface area contributed by atoms with Crippen LogP contribution in [0.2, 0.25) is 0 Å². The molecule has 0 aromatic heterocycles. The highest BCUT2D eigenvalue weighted by Gasteiger charge is 2.15. The van der Waals surface area contributed by atoms with Gasteiger partial charge < -0.3 is 4.74 Å². The predicted molar refractivity (Wildman–Crippen MR) is 63.6 cm³/mol. The minimum absolute atomic E-state index is 0.349. The van der Waals surface area contributed by atoms with E-state index >= 15 is 0 Å². The number of hydrogen-bond donors (Lipinski definition) is 0. The van der Waals surface area contributed by atoms with E-state index in [-0.39, 0.29) is 0 Å². The normalized spacial score (nSPS) is 22.2. The van der Waals surface area contributed by atoms with Crippen LogP contribution in [0, 0.1) is 0 Å². The summed E-state index contributed by atoms with van der Waals surface area (Å²) in [4.78, 5) is 1.28. The number of thioether (sulfide) groups is 1. The Morgan fingerprint density at radius 1 is 1.29 bits per heavy atom. The van der Waals surface area contributed by atoms with Gasteiger partial charge in [-0.25, -0.2) is 0 Å². The van der Waals surface area contributed by atoms with Crippen LogP contribution in [0.5, 0.6) is 0 Å². The van der Waals surface area contributed by atoms with Crippen molar-refractivity contribution in [1.29, 1.82) is 0 Å². The van der Waals surface area contributed by atoms with E-state index in [1.54, 1.807) is 0 Å². The van der Waals surface area contributed by atoms with E-state index in [1.165, 1.54) is 28.6 Å². The highest BCUT2D eigenvalue weighted by Crippen LogP contribution is 2.34. The number of halogens is 1. The van der Waals surface area contributed by atoms with Gasteiger partial charge in [0.05, 0.1) is 0 Å². The van der Waals surface area contributed by atoms with Gasteiger partial charge >= 0.3 is 0 Å². The fourth-order valence-corrected chi connectivity index (χ4v) is 3.12. The molecule has 0 bridgehead atoms. The van der Waals surface area contributed by atoms with Crippen LogP contribution in [0.15, 0.2) is 33.6 Å². The summed E-state index contributed by atoms with van der Waals surface area (Å²) in [5.41, 5.74) is 0.349. The van der Waals surface area contributed by atoms with Crippen LogP contribution in [-0.2, 0) is 4.74 Å². The molecule has 2 rings (SSSR count). The van der Waals surface area contributed by atoms with Gasteiger partial charge in [0.15, 0.2) is 0 Å². The van der Waals surface area contributed by atoms with Crippen molar-refractivity contribution in [2.75, 3.05) is 6.61 Å². The van der Waals surface area contributed by atoms with Crippen LogP contribution in [-0.4, -0.2) is 12.0 Å². The molecule has 76 valence electrons. The van der Waals surface area contributed by atoms with Crippen molar-refractivity contribution >= 4 is 27.7 Å². The molecule has 0 N–H and O–H groups in total. The Morgan fingerprint density at radius 3 is 2.86 bits per heavy atom.